The van der Waals surface area contributed by atoms with E-state index in [4.69, 9.17) is 5.53 Å². The first-order valence-corrected chi connectivity index (χ1v) is 3.50. The molecule has 4 nitrogen and oxygen atoms in total. The van der Waals surface area contributed by atoms with Gasteiger partial charge in [-0.15, -0.1) is 0 Å². The van der Waals surface area contributed by atoms with E-state index in [1.165, 1.54) is 0 Å². The van der Waals surface area contributed by atoms with Crippen LogP contribution in [-0.2, 0) is 0 Å². The Morgan fingerprint density at radius 2 is 2.20 bits per heavy atom. The fraction of sp³-hybridized carbons (Fsp3) is 1.00. The van der Waals surface area contributed by atoms with E-state index in [-0.39, 0.29) is 0 Å². The molecular formula is C6H14N4. The van der Waals surface area contributed by atoms with Gasteiger partial charge in [0.25, 0.3) is 0 Å². The second kappa shape index (κ2) is 6.39. The van der Waals surface area contributed by atoms with Crippen LogP contribution in [-0.4, -0.2) is 31.6 Å². The smallest absolute Gasteiger partial charge is 0.0385 e. The van der Waals surface area contributed by atoms with E-state index in [1.807, 2.05) is 7.05 Å². The second-order valence-corrected chi connectivity index (χ2v) is 2.26. The first-order valence-electron chi connectivity index (χ1n) is 3.50. The molecule has 0 N–H and O–H groups in total. The molecule has 0 aromatic rings. The van der Waals surface area contributed by atoms with Crippen molar-refractivity contribution in [3.8, 4) is 0 Å². The zero-order valence-corrected chi connectivity index (χ0v) is 6.62. The maximum atomic E-state index is 7.95. The number of rotatable bonds is 5. The van der Waals surface area contributed by atoms with Crippen molar-refractivity contribution >= 4 is 0 Å². The molecule has 0 spiro atoms. The third-order valence-corrected chi connectivity index (χ3v) is 1.25. The Morgan fingerprint density at radius 3 is 2.70 bits per heavy atom. The maximum Gasteiger partial charge on any atom is 0.0385 e. The molecule has 0 aliphatic carbocycles. The van der Waals surface area contributed by atoms with Crippen LogP contribution in [0.5, 0.6) is 0 Å². The van der Waals surface area contributed by atoms with Gasteiger partial charge in [0.2, 0.25) is 0 Å². The molecular weight excluding hydrogens is 128 g/mol. The first-order chi connectivity index (χ1) is 4.81. The summed E-state index contributed by atoms with van der Waals surface area (Å²) < 4.78 is 0. The van der Waals surface area contributed by atoms with Crippen LogP contribution in [0.1, 0.15) is 13.3 Å². The van der Waals surface area contributed by atoms with Gasteiger partial charge in [-0.3, -0.25) is 0 Å². The van der Waals surface area contributed by atoms with Crippen LogP contribution in [0.25, 0.3) is 10.4 Å². The molecule has 0 fully saturated rings. The fourth-order valence-electron chi connectivity index (χ4n) is 0.754. The average molecular weight is 142 g/mol. The SMILES string of the molecule is CCCN(C)CCN=[N+]=[N-]. The largest absolute Gasteiger partial charge is 0.306 e. The molecule has 10 heavy (non-hydrogen) atoms. The van der Waals surface area contributed by atoms with Crippen LogP contribution >= 0.6 is 0 Å². The van der Waals surface area contributed by atoms with E-state index in [9.17, 15) is 0 Å². The fourth-order valence-corrected chi connectivity index (χ4v) is 0.754. The highest BCUT2D eigenvalue weighted by Crippen LogP contribution is 1.85. The minimum absolute atomic E-state index is 0.576. The molecule has 0 aromatic carbocycles. The number of nitrogens with zero attached hydrogens (tertiary/aromatic N) is 4. The van der Waals surface area contributed by atoms with Gasteiger partial charge in [-0.2, -0.15) is 0 Å². The summed E-state index contributed by atoms with van der Waals surface area (Å²) in [6.07, 6.45) is 1.15. The Labute approximate surface area is 61.5 Å². The Balaban J connectivity index is 3.20. The topological polar surface area (TPSA) is 52.0 Å². The lowest BCUT2D eigenvalue weighted by Crippen LogP contribution is -2.21. The van der Waals surface area contributed by atoms with Crippen LogP contribution in [0.3, 0.4) is 0 Å². The predicted molar refractivity (Wildman–Crippen MR) is 41.8 cm³/mol. The molecule has 0 amide bonds. The van der Waals surface area contributed by atoms with Crippen molar-refractivity contribution in [2.45, 2.75) is 13.3 Å². The molecule has 0 atom stereocenters. The van der Waals surface area contributed by atoms with Crippen LogP contribution in [0.2, 0.25) is 0 Å². The van der Waals surface area contributed by atoms with Gasteiger partial charge >= 0.3 is 0 Å². The van der Waals surface area contributed by atoms with E-state index in [0.29, 0.717) is 6.54 Å². The zero-order valence-electron chi connectivity index (χ0n) is 6.62. The van der Waals surface area contributed by atoms with E-state index in [1.54, 1.807) is 0 Å². The lowest BCUT2D eigenvalue weighted by Gasteiger charge is -2.12. The summed E-state index contributed by atoms with van der Waals surface area (Å²) in [6, 6.07) is 0. The summed E-state index contributed by atoms with van der Waals surface area (Å²) in [6.45, 7) is 4.63. The Hall–Kier alpha value is -0.730. The number of likely N-dealkylation sites (N-methyl/N-ethyl adjacent to an activating group) is 1. The molecule has 0 aromatic heterocycles. The molecule has 0 radical (unpaired) electrons. The van der Waals surface area contributed by atoms with Crippen molar-refractivity contribution in [2.24, 2.45) is 5.11 Å². The minimum atomic E-state index is 0.576. The van der Waals surface area contributed by atoms with Crippen LogP contribution in [0, 0.1) is 0 Å². The molecule has 4 heteroatoms. The third kappa shape index (κ3) is 5.41. The van der Waals surface area contributed by atoms with E-state index in [2.05, 4.69) is 21.8 Å². The van der Waals surface area contributed by atoms with Crippen LogP contribution in [0.15, 0.2) is 5.11 Å². The Kier molecular flexibility index (Phi) is 5.92. The molecule has 0 aliphatic heterocycles. The quantitative estimate of drug-likeness (QED) is 0.327. The highest BCUT2D eigenvalue weighted by atomic mass is 15.2. The van der Waals surface area contributed by atoms with Crippen molar-refractivity contribution in [1.29, 1.82) is 0 Å². The molecule has 0 heterocycles. The normalized spacial score (nSPS) is 9.50. The highest BCUT2D eigenvalue weighted by molar-refractivity contribution is 4.53. The lowest BCUT2D eigenvalue weighted by molar-refractivity contribution is 0.344. The molecule has 0 unspecified atom stereocenters. The van der Waals surface area contributed by atoms with Crippen molar-refractivity contribution in [3.63, 3.8) is 0 Å². The highest BCUT2D eigenvalue weighted by Gasteiger charge is 1.92. The summed E-state index contributed by atoms with van der Waals surface area (Å²) >= 11 is 0. The molecule has 58 valence electrons. The predicted octanol–water partition coefficient (Wildman–Crippen LogP) is 1.64. The summed E-state index contributed by atoms with van der Waals surface area (Å²) in [4.78, 5) is 4.81. The van der Waals surface area contributed by atoms with Crippen molar-refractivity contribution < 1.29 is 0 Å². The van der Waals surface area contributed by atoms with Gasteiger partial charge in [0.1, 0.15) is 0 Å². The molecule has 0 aliphatic rings. The second-order valence-electron chi connectivity index (χ2n) is 2.26. The van der Waals surface area contributed by atoms with Gasteiger partial charge in [-0.1, -0.05) is 12.0 Å². The van der Waals surface area contributed by atoms with Crippen molar-refractivity contribution in [1.82, 2.24) is 4.90 Å². The maximum absolute atomic E-state index is 7.95. The van der Waals surface area contributed by atoms with Gasteiger partial charge in [0, 0.05) is 18.0 Å². The Bertz CT molecular complexity index is 117. The molecule has 0 saturated heterocycles. The average Bonchev–Trinajstić information content (AvgIpc) is 1.89. The minimum Gasteiger partial charge on any atom is -0.306 e. The van der Waals surface area contributed by atoms with E-state index < -0.39 is 0 Å². The molecule has 0 rings (SSSR count). The summed E-state index contributed by atoms with van der Waals surface area (Å²) in [5.74, 6) is 0. The lowest BCUT2D eigenvalue weighted by atomic mass is 10.4. The number of hydrogen-bond donors (Lipinski definition) is 0. The summed E-state index contributed by atoms with van der Waals surface area (Å²) in [5.41, 5.74) is 7.95. The monoisotopic (exact) mass is 142 g/mol. The molecule has 0 saturated carbocycles. The van der Waals surface area contributed by atoms with E-state index >= 15 is 0 Å². The van der Waals surface area contributed by atoms with Crippen LogP contribution < -0.4 is 0 Å². The van der Waals surface area contributed by atoms with Gasteiger partial charge in [0.15, 0.2) is 0 Å². The summed E-state index contributed by atoms with van der Waals surface area (Å²) in [5, 5.41) is 3.43. The Morgan fingerprint density at radius 1 is 1.50 bits per heavy atom. The first kappa shape index (κ1) is 9.27. The zero-order chi connectivity index (χ0) is 7.82. The number of hydrogen-bond acceptors (Lipinski definition) is 2. The standard InChI is InChI=1S/C6H14N4/c1-3-5-10(2)6-4-8-9-7/h3-6H2,1-2H3. The summed E-state index contributed by atoms with van der Waals surface area (Å²) in [7, 11) is 2.02. The van der Waals surface area contributed by atoms with Gasteiger partial charge in [-0.05, 0) is 25.5 Å². The van der Waals surface area contributed by atoms with Gasteiger partial charge < -0.3 is 4.90 Å². The van der Waals surface area contributed by atoms with Gasteiger partial charge in [0.05, 0.1) is 0 Å². The number of azide groups is 1. The van der Waals surface area contributed by atoms with E-state index in [0.717, 1.165) is 19.5 Å². The van der Waals surface area contributed by atoms with Crippen LogP contribution in [0.4, 0.5) is 0 Å². The van der Waals surface area contributed by atoms with Crippen molar-refractivity contribution in [2.75, 3.05) is 26.7 Å². The van der Waals surface area contributed by atoms with Crippen molar-refractivity contribution in [3.05, 3.63) is 10.4 Å². The third-order valence-electron chi connectivity index (χ3n) is 1.25. The van der Waals surface area contributed by atoms with Gasteiger partial charge in [-0.25, -0.2) is 0 Å². The molecule has 0 bridgehead atoms.